The van der Waals surface area contributed by atoms with Crippen LogP contribution in [0.4, 0.5) is 0 Å². The number of hydrogen-bond acceptors (Lipinski definition) is 6. The van der Waals surface area contributed by atoms with Crippen LogP contribution in [0.3, 0.4) is 0 Å². The van der Waals surface area contributed by atoms with Crippen LogP contribution in [-0.4, -0.2) is 67.6 Å². The lowest BCUT2D eigenvalue weighted by Gasteiger charge is -2.35. The fourth-order valence-corrected chi connectivity index (χ4v) is 2.42. The van der Waals surface area contributed by atoms with E-state index in [0.717, 1.165) is 38.5 Å². The molecule has 0 amide bonds. The average molecular weight is 376 g/mol. The van der Waals surface area contributed by atoms with Gasteiger partial charge in [0.05, 0.1) is 19.3 Å². The van der Waals surface area contributed by atoms with Gasteiger partial charge in [-0.25, -0.2) is 0 Å². The number of hydrogen-bond donors (Lipinski definition) is 2. The monoisotopic (exact) mass is 375 g/mol. The molecule has 8 nitrogen and oxygen atoms in total. The zero-order chi connectivity index (χ0) is 19.6. The molecule has 26 heavy (non-hydrogen) atoms. The van der Waals surface area contributed by atoms with Crippen molar-refractivity contribution in [3.8, 4) is 0 Å². The standard InChI is InChI=1S/C18H37N3O5/c1-4-7-10-24-16(14-22)18(26-12-9-6-3)17(25-11-8-5-2)15(23)13-20-21-19/h15-18,22-23H,4-14H2,1-3H3/t15-,16+,17-,18-/m1/s1. The van der Waals surface area contributed by atoms with Crippen molar-refractivity contribution in [1.82, 2.24) is 0 Å². The zero-order valence-electron chi connectivity index (χ0n) is 16.5. The third kappa shape index (κ3) is 11.0. The SMILES string of the molecule is CCCCO[C@@H]([C@H](OCCCC)[C@H](CO)OCCCC)[C@H](O)CN=[N+]=[N-]. The van der Waals surface area contributed by atoms with Crippen molar-refractivity contribution in [2.75, 3.05) is 33.0 Å². The molecule has 0 saturated carbocycles. The number of ether oxygens (including phenoxy) is 3. The van der Waals surface area contributed by atoms with Crippen molar-refractivity contribution in [3.05, 3.63) is 10.4 Å². The largest absolute Gasteiger partial charge is 0.394 e. The van der Waals surface area contributed by atoms with Gasteiger partial charge in [0, 0.05) is 24.7 Å². The van der Waals surface area contributed by atoms with Gasteiger partial charge in [0.25, 0.3) is 0 Å². The molecular weight excluding hydrogens is 338 g/mol. The fraction of sp³-hybridized carbons (Fsp3) is 1.00. The first-order chi connectivity index (χ1) is 12.7. The Morgan fingerprint density at radius 1 is 0.885 bits per heavy atom. The molecule has 0 aromatic rings. The van der Waals surface area contributed by atoms with E-state index in [1.807, 2.05) is 6.92 Å². The summed E-state index contributed by atoms with van der Waals surface area (Å²) in [6.45, 7) is 7.26. The molecule has 0 bridgehead atoms. The molecule has 0 aliphatic carbocycles. The maximum Gasteiger partial charge on any atom is 0.115 e. The van der Waals surface area contributed by atoms with E-state index in [2.05, 4.69) is 23.9 Å². The molecule has 0 rings (SSSR count). The Hall–Kier alpha value is -0.890. The third-order valence-electron chi connectivity index (χ3n) is 4.03. The summed E-state index contributed by atoms with van der Waals surface area (Å²) in [7, 11) is 0. The van der Waals surface area contributed by atoms with Gasteiger partial charge >= 0.3 is 0 Å². The molecule has 0 spiro atoms. The Morgan fingerprint density at radius 3 is 1.85 bits per heavy atom. The van der Waals surface area contributed by atoms with E-state index in [9.17, 15) is 10.2 Å². The van der Waals surface area contributed by atoms with Crippen LogP contribution in [0.2, 0.25) is 0 Å². The van der Waals surface area contributed by atoms with Crippen LogP contribution in [0.1, 0.15) is 59.3 Å². The summed E-state index contributed by atoms with van der Waals surface area (Å²) in [4.78, 5) is 2.70. The second-order valence-electron chi connectivity index (χ2n) is 6.30. The molecule has 8 heteroatoms. The van der Waals surface area contributed by atoms with Gasteiger partial charge in [0.1, 0.15) is 18.3 Å². The van der Waals surface area contributed by atoms with Crippen molar-refractivity contribution in [2.45, 2.75) is 83.7 Å². The second kappa shape index (κ2) is 17.5. The number of aliphatic hydroxyl groups is 2. The molecule has 0 aliphatic rings. The van der Waals surface area contributed by atoms with Gasteiger partial charge in [0.2, 0.25) is 0 Å². The first-order valence-corrected chi connectivity index (χ1v) is 9.80. The molecule has 154 valence electrons. The lowest BCUT2D eigenvalue weighted by Crippen LogP contribution is -2.51. The molecule has 0 aromatic heterocycles. The lowest BCUT2D eigenvalue weighted by molar-refractivity contribution is -0.175. The molecular formula is C18H37N3O5. The number of aliphatic hydroxyl groups excluding tert-OH is 2. The summed E-state index contributed by atoms with van der Waals surface area (Å²) < 4.78 is 17.6. The first kappa shape index (κ1) is 25.1. The maximum absolute atomic E-state index is 10.5. The van der Waals surface area contributed by atoms with Gasteiger partial charge in [-0.15, -0.1) is 0 Å². The highest BCUT2D eigenvalue weighted by Crippen LogP contribution is 2.18. The summed E-state index contributed by atoms with van der Waals surface area (Å²) in [5, 5.41) is 23.7. The normalized spacial score (nSPS) is 15.9. The second-order valence-corrected chi connectivity index (χ2v) is 6.30. The topological polar surface area (TPSA) is 117 Å². The molecule has 0 radical (unpaired) electrons. The van der Waals surface area contributed by atoms with Gasteiger partial charge in [-0.3, -0.25) is 0 Å². The Labute approximate surface area is 157 Å². The molecule has 0 saturated heterocycles. The minimum Gasteiger partial charge on any atom is -0.394 e. The van der Waals surface area contributed by atoms with Crippen LogP contribution in [0.15, 0.2) is 5.11 Å². The van der Waals surface area contributed by atoms with Crippen LogP contribution in [-0.2, 0) is 14.2 Å². The maximum atomic E-state index is 10.5. The fourth-order valence-electron chi connectivity index (χ4n) is 2.42. The summed E-state index contributed by atoms with van der Waals surface area (Å²) in [6, 6.07) is 0. The van der Waals surface area contributed by atoms with Crippen molar-refractivity contribution < 1.29 is 24.4 Å². The predicted molar refractivity (Wildman–Crippen MR) is 101 cm³/mol. The minimum atomic E-state index is -1.03. The molecule has 0 aliphatic heterocycles. The summed E-state index contributed by atoms with van der Waals surface area (Å²) in [5.74, 6) is 0. The van der Waals surface area contributed by atoms with E-state index in [0.29, 0.717) is 19.8 Å². The summed E-state index contributed by atoms with van der Waals surface area (Å²) >= 11 is 0. The lowest BCUT2D eigenvalue weighted by atomic mass is 10.0. The Kier molecular flexibility index (Phi) is 16.9. The highest BCUT2D eigenvalue weighted by molar-refractivity contribution is 4.86. The number of unbranched alkanes of at least 4 members (excludes halogenated alkanes) is 3. The van der Waals surface area contributed by atoms with Gasteiger partial charge in [-0.05, 0) is 24.8 Å². The van der Waals surface area contributed by atoms with Crippen LogP contribution in [0, 0.1) is 0 Å². The predicted octanol–water partition coefficient (Wildman–Crippen LogP) is 3.21. The van der Waals surface area contributed by atoms with Crippen LogP contribution in [0.5, 0.6) is 0 Å². The smallest absolute Gasteiger partial charge is 0.115 e. The van der Waals surface area contributed by atoms with E-state index < -0.39 is 24.4 Å². The third-order valence-corrected chi connectivity index (χ3v) is 4.03. The molecule has 2 N–H and O–H groups in total. The van der Waals surface area contributed by atoms with Crippen molar-refractivity contribution in [2.24, 2.45) is 5.11 Å². The van der Waals surface area contributed by atoms with Gasteiger partial charge in [-0.2, -0.15) is 0 Å². The molecule has 0 aromatic carbocycles. The Morgan fingerprint density at radius 2 is 1.38 bits per heavy atom. The molecule has 0 fully saturated rings. The van der Waals surface area contributed by atoms with E-state index in [4.69, 9.17) is 19.7 Å². The highest BCUT2D eigenvalue weighted by atomic mass is 16.6. The van der Waals surface area contributed by atoms with E-state index >= 15 is 0 Å². The quantitative estimate of drug-likeness (QED) is 0.165. The van der Waals surface area contributed by atoms with Crippen LogP contribution < -0.4 is 0 Å². The van der Waals surface area contributed by atoms with Crippen molar-refractivity contribution in [3.63, 3.8) is 0 Å². The van der Waals surface area contributed by atoms with E-state index in [1.165, 1.54) is 0 Å². The first-order valence-electron chi connectivity index (χ1n) is 9.80. The molecule has 0 unspecified atom stereocenters. The van der Waals surface area contributed by atoms with E-state index in [1.54, 1.807) is 0 Å². The number of azide groups is 1. The minimum absolute atomic E-state index is 0.117. The van der Waals surface area contributed by atoms with Crippen LogP contribution >= 0.6 is 0 Å². The van der Waals surface area contributed by atoms with Gasteiger partial charge in [-0.1, -0.05) is 45.1 Å². The highest BCUT2D eigenvalue weighted by Gasteiger charge is 2.36. The molecule has 4 atom stereocenters. The van der Waals surface area contributed by atoms with Gasteiger partial charge < -0.3 is 24.4 Å². The zero-order valence-corrected chi connectivity index (χ0v) is 16.5. The Balaban J connectivity index is 5.23. The Bertz CT molecular complexity index is 367. The van der Waals surface area contributed by atoms with Gasteiger partial charge in [0.15, 0.2) is 0 Å². The summed E-state index contributed by atoms with van der Waals surface area (Å²) in [6.07, 6.45) is 2.48. The average Bonchev–Trinajstić information content (AvgIpc) is 2.65. The number of rotatable bonds is 18. The number of nitrogens with zero attached hydrogens (tertiary/aromatic N) is 3. The summed E-state index contributed by atoms with van der Waals surface area (Å²) in [5.41, 5.74) is 8.53. The molecule has 0 heterocycles. The van der Waals surface area contributed by atoms with Crippen molar-refractivity contribution in [1.29, 1.82) is 0 Å². The van der Waals surface area contributed by atoms with Crippen molar-refractivity contribution >= 4 is 0 Å². The van der Waals surface area contributed by atoms with Crippen LogP contribution in [0.25, 0.3) is 10.4 Å². The van der Waals surface area contributed by atoms with E-state index in [-0.39, 0.29) is 13.2 Å².